The van der Waals surface area contributed by atoms with Crippen LogP contribution in [0.4, 0.5) is 0 Å². The predicted molar refractivity (Wildman–Crippen MR) is 59.1 cm³/mol. The molecule has 2 N–H and O–H groups in total. The van der Waals surface area contributed by atoms with E-state index >= 15 is 0 Å². The first kappa shape index (κ1) is 11.7. The van der Waals surface area contributed by atoms with Gasteiger partial charge >= 0.3 is 5.97 Å². The molecule has 0 unspecified atom stereocenters. The Balaban J connectivity index is 2.68. The molecular weight excluding hydrogens is 224 g/mol. The first-order valence-corrected chi connectivity index (χ1v) is 5.23. The summed E-state index contributed by atoms with van der Waals surface area (Å²) in [7, 11) is 1.46. The lowest BCUT2D eigenvalue weighted by molar-refractivity contribution is -0.0656. The molecule has 1 aromatic rings. The number of rotatable bonds is 2. The number of aliphatic hydroxyl groups is 1. The summed E-state index contributed by atoms with van der Waals surface area (Å²) in [6.45, 7) is 3.12. The summed E-state index contributed by atoms with van der Waals surface area (Å²) in [4.78, 5) is 11.7. The van der Waals surface area contributed by atoms with E-state index in [1.165, 1.54) is 20.1 Å². The van der Waals surface area contributed by atoms with E-state index in [2.05, 4.69) is 0 Å². The van der Waals surface area contributed by atoms with Crippen molar-refractivity contribution >= 4 is 5.97 Å². The van der Waals surface area contributed by atoms with E-state index in [-0.39, 0.29) is 11.3 Å². The molecule has 0 amide bonds. The standard InChI is InChI=1S/C12H14O5/c1-6(13)12(2)8-4-7(16-3)5-9(14)10(8)11(15)17-12/h4-6,13-14H,1-3H3/t6-,12-/m0/s1. The van der Waals surface area contributed by atoms with Crippen molar-refractivity contribution in [3.05, 3.63) is 23.3 Å². The molecule has 1 heterocycles. The number of benzene rings is 1. The van der Waals surface area contributed by atoms with Gasteiger partial charge in [-0.3, -0.25) is 0 Å². The summed E-state index contributed by atoms with van der Waals surface area (Å²) >= 11 is 0. The van der Waals surface area contributed by atoms with Gasteiger partial charge in [-0.25, -0.2) is 4.79 Å². The molecule has 1 aliphatic heterocycles. The molecule has 0 radical (unpaired) electrons. The summed E-state index contributed by atoms with van der Waals surface area (Å²) in [6.07, 6.45) is -0.890. The maximum absolute atomic E-state index is 11.7. The summed E-state index contributed by atoms with van der Waals surface area (Å²) in [5, 5.41) is 19.5. The van der Waals surface area contributed by atoms with E-state index in [0.29, 0.717) is 11.3 Å². The summed E-state index contributed by atoms with van der Waals surface area (Å²) in [5.74, 6) is -0.427. The zero-order valence-corrected chi connectivity index (χ0v) is 9.85. The highest BCUT2D eigenvalue weighted by molar-refractivity contribution is 5.98. The zero-order chi connectivity index (χ0) is 12.8. The average Bonchev–Trinajstić information content (AvgIpc) is 2.52. The Morgan fingerprint density at radius 1 is 1.47 bits per heavy atom. The molecule has 1 aromatic carbocycles. The fourth-order valence-electron chi connectivity index (χ4n) is 1.93. The van der Waals surface area contributed by atoms with E-state index in [1.54, 1.807) is 13.0 Å². The van der Waals surface area contributed by atoms with Gasteiger partial charge < -0.3 is 19.7 Å². The second-order valence-electron chi connectivity index (χ2n) is 4.24. The van der Waals surface area contributed by atoms with Crippen LogP contribution in [-0.4, -0.2) is 29.4 Å². The van der Waals surface area contributed by atoms with E-state index in [4.69, 9.17) is 9.47 Å². The third-order valence-corrected chi connectivity index (χ3v) is 3.17. The highest BCUT2D eigenvalue weighted by atomic mass is 16.6. The largest absolute Gasteiger partial charge is 0.507 e. The number of fused-ring (bicyclic) bond motifs is 1. The fraction of sp³-hybridized carbons (Fsp3) is 0.417. The molecule has 5 nitrogen and oxygen atoms in total. The fourth-order valence-corrected chi connectivity index (χ4v) is 1.93. The van der Waals surface area contributed by atoms with E-state index < -0.39 is 17.7 Å². The Labute approximate surface area is 98.6 Å². The minimum absolute atomic E-state index is 0.0919. The van der Waals surface area contributed by atoms with E-state index in [9.17, 15) is 15.0 Å². The van der Waals surface area contributed by atoms with Crippen LogP contribution in [0.25, 0.3) is 0 Å². The second-order valence-corrected chi connectivity index (χ2v) is 4.24. The normalized spacial score (nSPS) is 24.1. The Morgan fingerprint density at radius 2 is 2.12 bits per heavy atom. The van der Waals surface area contributed by atoms with Gasteiger partial charge in [-0.05, 0) is 19.9 Å². The lowest BCUT2D eigenvalue weighted by Crippen LogP contribution is -2.34. The van der Waals surface area contributed by atoms with Gasteiger partial charge in [-0.2, -0.15) is 0 Å². The van der Waals surface area contributed by atoms with Gasteiger partial charge in [0.15, 0.2) is 5.60 Å². The molecular formula is C12H14O5. The number of hydrogen-bond donors (Lipinski definition) is 2. The molecule has 0 saturated carbocycles. The highest BCUT2D eigenvalue weighted by Crippen LogP contribution is 2.44. The van der Waals surface area contributed by atoms with Gasteiger partial charge in [0, 0.05) is 11.6 Å². The topological polar surface area (TPSA) is 76.0 Å². The molecule has 0 saturated heterocycles. The number of carbonyl (C=O) groups is 1. The number of phenolic OH excluding ortho intramolecular Hbond substituents is 1. The first-order valence-electron chi connectivity index (χ1n) is 5.23. The van der Waals surface area contributed by atoms with Crippen molar-refractivity contribution in [2.45, 2.75) is 25.6 Å². The van der Waals surface area contributed by atoms with Crippen molar-refractivity contribution in [2.75, 3.05) is 7.11 Å². The molecule has 0 aromatic heterocycles. The van der Waals surface area contributed by atoms with Gasteiger partial charge in [0.2, 0.25) is 0 Å². The Morgan fingerprint density at radius 3 is 2.65 bits per heavy atom. The van der Waals surface area contributed by atoms with Crippen molar-refractivity contribution in [3.8, 4) is 11.5 Å². The quantitative estimate of drug-likeness (QED) is 0.756. The van der Waals surface area contributed by atoms with Crippen molar-refractivity contribution < 1.29 is 24.5 Å². The van der Waals surface area contributed by atoms with E-state index in [1.807, 2.05) is 0 Å². The maximum atomic E-state index is 11.7. The highest BCUT2D eigenvalue weighted by Gasteiger charge is 2.47. The monoisotopic (exact) mass is 238 g/mol. The number of hydrogen-bond acceptors (Lipinski definition) is 5. The predicted octanol–water partition coefficient (Wildman–Crippen LogP) is 1.17. The molecule has 2 atom stereocenters. The third-order valence-electron chi connectivity index (χ3n) is 3.17. The Bertz CT molecular complexity index is 480. The van der Waals surface area contributed by atoms with Crippen LogP contribution >= 0.6 is 0 Å². The second kappa shape index (κ2) is 3.63. The van der Waals surface area contributed by atoms with Crippen molar-refractivity contribution in [1.82, 2.24) is 0 Å². The van der Waals surface area contributed by atoms with Crippen LogP contribution in [0.5, 0.6) is 11.5 Å². The summed E-state index contributed by atoms with van der Waals surface area (Å²) in [5.41, 5.74) is -0.623. The molecule has 17 heavy (non-hydrogen) atoms. The van der Waals surface area contributed by atoms with E-state index in [0.717, 1.165) is 0 Å². The van der Waals surface area contributed by atoms with Crippen molar-refractivity contribution in [3.63, 3.8) is 0 Å². The third kappa shape index (κ3) is 1.54. The van der Waals surface area contributed by atoms with Crippen LogP contribution in [0.15, 0.2) is 12.1 Å². The number of cyclic esters (lactones) is 1. The summed E-state index contributed by atoms with van der Waals surface area (Å²) < 4.78 is 10.2. The van der Waals surface area contributed by atoms with Crippen LogP contribution in [0, 0.1) is 0 Å². The SMILES string of the molecule is COc1cc(O)c2c(c1)[C@](C)([C@H](C)O)OC2=O. The van der Waals surface area contributed by atoms with Crippen LogP contribution < -0.4 is 4.74 Å². The number of aromatic hydroxyl groups is 1. The zero-order valence-electron chi connectivity index (χ0n) is 9.85. The molecule has 5 heteroatoms. The minimum atomic E-state index is -1.15. The molecule has 92 valence electrons. The molecule has 0 aliphatic carbocycles. The Kier molecular flexibility index (Phi) is 2.50. The minimum Gasteiger partial charge on any atom is -0.507 e. The number of methoxy groups -OCH3 is 1. The van der Waals surface area contributed by atoms with Crippen LogP contribution in [0.1, 0.15) is 29.8 Å². The van der Waals surface area contributed by atoms with Crippen LogP contribution in [0.2, 0.25) is 0 Å². The van der Waals surface area contributed by atoms with Gasteiger partial charge in [0.1, 0.15) is 17.1 Å². The summed E-state index contributed by atoms with van der Waals surface area (Å²) in [6, 6.07) is 2.93. The van der Waals surface area contributed by atoms with Crippen molar-refractivity contribution in [2.24, 2.45) is 0 Å². The molecule has 2 rings (SSSR count). The number of phenols is 1. The first-order chi connectivity index (χ1) is 7.90. The molecule has 0 fully saturated rings. The van der Waals surface area contributed by atoms with Gasteiger partial charge in [0.25, 0.3) is 0 Å². The van der Waals surface area contributed by atoms with Gasteiger partial charge in [0.05, 0.1) is 13.2 Å². The molecule has 1 aliphatic rings. The van der Waals surface area contributed by atoms with Gasteiger partial charge in [-0.15, -0.1) is 0 Å². The van der Waals surface area contributed by atoms with Crippen LogP contribution in [-0.2, 0) is 10.3 Å². The maximum Gasteiger partial charge on any atom is 0.343 e. The lowest BCUT2D eigenvalue weighted by Gasteiger charge is -2.27. The Hall–Kier alpha value is -1.75. The molecule has 0 bridgehead atoms. The van der Waals surface area contributed by atoms with Crippen LogP contribution in [0.3, 0.4) is 0 Å². The number of ether oxygens (including phenoxy) is 2. The smallest absolute Gasteiger partial charge is 0.343 e. The number of carbonyl (C=O) groups excluding carboxylic acids is 1. The number of aliphatic hydroxyl groups excluding tert-OH is 1. The van der Waals surface area contributed by atoms with Gasteiger partial charge in [-0.1, -0.05) is 0 Å². The average molecular weight is 238 g/mol. The van der Waals surface area contributed by atoms with Crippen molar-refractivity contribution in [1.29, 1.82) is 0 Å². The lowest BCUT2D eigenvalue weighted by atomic mass is 9.89. The molecule has 0 spiro atoms. The number of esters is 1.